The van der Waals surface area contributed by atoms with E-state index in [-0.39, 0.29) is 11.3 Å². The molecule has 1 atom stereocenters. The lowest BCUT2D eigenvalue weighted by Crippen LogP contribution is -2.44. The number of piperidine rings is 1. The number of amides is 1. The minimum atomic E-state index is -0.312. The fourth-order valence-corrected chi connectivity index (χ4v) is 2.54. The number of carbonyl (C=O) groups is 1. The van der Waals surface area contributed by atoms with E-state index in [0.717, 1.165) is 11.1 Å². The smallest absolute Gasteiger partial charge is 0.234 e. The van der Waals surface area contributed by atoms with E-state index in [1.165, 1.54) is 0 Å². The number of aryl methyl sites for hydroxylation is 1. The molecule has 1 fully saturated rings. The quantitative estimate of drug-likeness (QED) is 0.926. The molecule has 2 aromatic rings. The topological polar surface area (TPSA) is 68.0 Å². The molecular formula is C15H16ClN3O2. The third-order valence-electron chi connectivity index (χ3n) is 3.95. The molecule has 1 aromatic carbocycles. The maximum absolute atomic E-state index is 11.3. The molecule has 1 aromatic heterocycles. The summed E-state index contributed by atoms with van der Waals surface area (Å²) in [6, 6.07) is 5.67. The summed E-state index contributed by atoms with van der Waals surface area (Å²) in [7, 11) is 0. The maximum Gasteiger partial charge on any atom is 0.234 e. The molecule has 1 amide bonds. The van der Waals surface area contributed by atoms with Crippen molar-refractivity contribution in [3.63, 3.8) is 0 Å². The summed E-state index contributed by atoms with van der Waals surface area (Å²) in [5.74, 6) is 1.14. The molecule has 2 heterocycles. The van der Waals surface area contributed by atoms with E-state index in [0.29, 0.717) is 36.1 Å². The first-order valence-corrected chi connectivity index (χ1v) is 7.23. The van der Waals surface area contributed by atoms with Crippen LogP contribution in [0.5, 0.6) is 0 Å². The minimum absolute atomic E-state index is 0.0672. The van der Waals surface area contributed by atoms with Crippen molar-refractivity contribution in [2.24, 2.45) is 0 Å². The predicted octanol–water partition coefficient (Wildman–Crippen LogP) is 2.87. The van der Waals surface area contributed by atoms with Gasteiger partial charge in [-0.1, -0.05) is 28.9 Å². The van der Waals surface area contributed by atoms with Crippen LogP contribution < -0.4 is 5.32 Å². The number of rotatable bonds is 2. The second-order valence-electron chi connectivity index (χ2n) is 5.72. The first-order valence-electron chi connectivity index (χ1n) is 6.85. The molecule has 110 valence electrons. The third-order valence-corrected chi connectivity index (χ3v) is 4.36. The normalized spacial score (nSPS) is 22.1. The number of hydrogen-bond acceptors (Lipinski definition) is 4. The monoisotopic (exact) mass is 305 g/mol. The number of hydrogen-bond donors (Lipinski definition) is 1. The zero-order valence-corrected chi connectivity index (χ0v) is 12.7. The van der Waals surface area contributed by atoms with Crippen LogP contribution in [0.4, 0.5) is 0 Å². The van der Waals surface area contributed by atoms with Gasteiger partial charge in [-0.15, -0.1) is 0 Å². The standard InChI is InChI=1S/C15H16ClN3O2/c1-9-3-4-10(7-11(9)16)13-18-14(21-19-13)15(2)6-5-12(20)17-8-15/h3-4,7H,5-6,8H2,1-2H3,(H,17,20). The van der Waals surface area contributed by atoms with Gasteiger partial charge in [-0.25, -0.2) is 0 Å². The van der Waals surface area contributed by atoms with Crippen LogP contribution in [-0.4, -0.2) is 22.6 Å². The number of nitrogens with one attached hydrogen (secondary N) is 1. The zero-order valence-electron chi connectivity index (χ0n) is 11.9. The average Bonchev–Trinajstić information content (AvgIpc) is 2.96. The van der Waals surface area contributed by atoms with Gasteiger partial charge in [0.2, 0.25) is 17.6 Å². The Morgan fingerprint density at radius 3 is 2.90 bits per heavy atom. The van der Waals surface area contributed by atoms with Crippen LogP contribution >= 0.6 is 11.6 Å². The summed E-state index contributed by atoms with van der Waals surface area (Å²) < 4.78 is 5.41. The molecule has 1 aliphatic heterocycles. The number of benzene rings is 1. The molecule has 1 unspecified atom stereocenters. The van der Waals surface area contributed by atoms with Gasteiger partial charge < -0.3 is 9.84 Å². The Kier molecular flexibility index (Phi) is 3.45. The second kappa shape index (κ2) is 5.15. The van der Waals surface area contributed by atoms with E-state index in [4.69, 9.17) is 16.1 Å². The highest BCUT2D eigenvalue weighted by Gasteiger charge is 2.37. The van der Waals surface area contributed by atoms with Gasteiger partial charge in [-0.2, -0.15) is 4.98 Å². The SMILES string of the molecule is Cc1ccc(-c2noc(C3(C)CCC(=O)NC3)n2)cc1Cl. The number of halogens is 1. The van der Waals surface area contributed by atoms with Gasteiger partial charge in [0, 0.05) is 23.6 Å². The van der Waals surface area contributed by atoms with Crippen LogP contribution in [-0.2, 0) is 10.2 Å². The van der Waals surface area contributed by atoms with Gasteiger partial charge in [-0.3, -0.25) is 4.79 Å². The molecule has 0 saturated carbocycles. The Hall–Kier alpha value is -1.88. The second-order valence-corrected chi connectivity index (χ2v) is 6.13. The highest BCUT2D eigenvalue weighted by atomic mass is 35.5. The van der Waals surface area contributed by atoms with Crippen LogP contribution in [0, 0.1) is 6.92 Å². The fraction of sp³-hybridized carbons (Fsp3) is 0.400. The van der Waals surface area contributed by atoms with Crippen molar-refractivity contribution in [2.45, 2.75) is 32.1 Å². The summed E-state index contributed by atoms with van der Waals surface area (Å²) in [5, 5.41) is 7.56. The van der Waals surface area contributed by atoms with Crippen LogP contribution in [0.15, 0.2) is 22.7 Å². The Morgan fingerprint density at radius 1 is 1.43 bits per heavy atom. The van der Waals surface area contributed by atoms with Crippen molar-refractivity contribution in [2.75, 3.05) is 6.54 Å². The van der Waals surface area contributed by atoms with Crippen molar-refractivity contribution in [1.82, 2.24) is 15.5 Å². The van der Waals surface area contributed by atoms with Gasteiger partial charge in [0.25, 0.3) is 0 Å². The summed E-state index contributed by atoms with van der Waals surface area (Å²) >= 11 is 6.13. The Morgan fingerprint density at radius 2 is 2.24 bits per heavy atom. The van der Waals surface area contributed by atoms with Gasteiger partial charge in [0.1, 0.15) is 0 Å². The Labute approximate surface area is 127 Å². The zero-order chi connectivity index (χ0) is 15.0. The van der Waals surface area contributed by atoms with Crippen molar-refractivity contribution >= 4 is 17.5 Å². The van der Waals surface area contributed by atoms with Crippen molar-refractivity contribution in [3.8, 4) is 11.4 Å². The molecule has 1 N–H and O–H groups in total. The van der Waals surface area contributed by atoms with E-state index in [9.17, 15) is 4.79 Å². The maximum atomic E-state index is 11.3. The predicted molar refractivity (Wildman–Crippen MR) is 79.1 cm³/mol. The molecule has 1 aliphatic rings. The molecule has 6 heteroatoms. The van der Waals surface area contributed by atoms with E-state index in [1.807, 2.05) is 32.0 Å². The van der Waals surface area contributed by atoms with Crippen molar-refractivity contribution in [1.29, 1.82) is 0 Å². The molecule has 21 heavy (non-hydrogen) atoms. The van der Waals surface area contributed by atoms with Crippen molar-refractivity contribution < 1.29 is 9.32 Å². The van der Waals surface area contributed by atoms with Gasteiger partial charge >= 0.3 is 0 Å². The molecular weight excluding hydrogens is 290 g/mol. The van der Waals surface area contributed by atoms with Crippen LogP contribution in [0.3, 0.4) is 0 Å². The van der Waals surface area contributed by atoms with E-state index in [2.05, 4.69) is 15.5 Å². The molecule has 3 rings (SSSR count). The highest BCUT2D eigenvalue weighted by molar-refractivity contribution is 6.31. The molecule has 0 spiro atoms. The van der Waals surface area contributed by atoms with E-state index >= 15 is 0 Å². The summed E-state index contributed by atoms with van der Waals surface area (Å²) in [4.78, 5) is 15.8. The van der Waals surface area contributed by atoms with Crippen LogP contribution in [0.2, 0.25) is 5.02 Å². The molecule has 0 radical (unpaired) electrons. The van der Waals surface area contributed by atoms with E-state index in [1.54, 1.807) is 0 Å². The third kappa shape index (κ3) is 2.65. The lowest BCUT2D eigenvalue weighted by atomic mass is 9.82. The number of aromatic nitrogens is 2. The van der Waals surface area contributed by atoms with Crippen LogP contribution in [0.25, 0.3) is 11.4 Å². The summed E-state index contributed by atoms with van der Waals surface area (Å²) in [6.07, 6.45) is 1.18. The molecule has 0 bridgehead atoms. The largest absolute Gasteiger partial charge is 0.355 e. The van der Waals surface area contributed by atoms with Gasteiger partial charge in [0.15, 0.2) is 0 Å². The molecule has 0 aliphatic carbocycles. The van der Waals surface area contributed by atoms with E-state index < -0.39 is 0 Å². The Bertz CT molecular complexity index is 686. The lowest BCUT2D eigenvalue weighted by Gasteiger charge is -2.29. The Balaban J connectivity index is 1.89. The molecule has 1 saturated heterocycles. The number of nitrogens with zero attached hydrogens (tertiary/aromatic N) is 2. The summed E-state index contributed by atoms with van der Waals surface area (Å²) in [6.45, 7) is 4.48. The van der Waals surface area contributed by atoms with Gasteiger partial charge in [-0.05, 0) is 31.9 Å². The minimum Gasteiger partial charge on any atom is -0.355 e. The highest BCUT2D eigenvalue weighted by Crippen LogP contribution is 2.31. The lowest BCUT2D eigenvalue weighted by molar-refractivity contribution is -0.123. The number of carbonyl (C=O) groups excluding carboxylic acids is 1. The first kappa shape index (κ1) is 14.1. The van der Waals surface area contributed by atoms with Crippen molar-refractivity contribution in [3.05, 3.63) is 34.7 Å². The fourth-order valence-electron chi connectivity index (χ4n) is 2.36. The summed E-state index contributed by atoms with van der Waals surface area (Å²) in [5.41, 5.74) is 1.52. The first-order chi connectivity index (χ1) is 9.98. The molecule has 5 nitrogen and oxygen atoms in total. The van der Waals surface area contributed by atoms with Gasteiger partial charge in [0.05, 0.1) is 5.41 Å². The van der Waals surface area contributed by atoms with Crippen LogP contribution in [0.1, 0.15) is 31.2 Å². The average molecular weight is 306 g/mol.